The third-order valence-corrected chi connectivity index (χ3v) is 3.45. The minimum absolute atomic E-state index is 0.545. The number of nitrogens with zero attached hydrogens (tertiary/aromatic N) is 1. The summed E-state index contributed by atoms with van der Waals surface area (Å²) in [5.41, 5.74) is 4.16. The van der Waals surface area contributed by atoms with Crippen LogP contribution in [-0.2, 0) is 6.54 Å². The zero-order valence-corrected chi connectivity index (χ0v) is 11.5. The summed E-state index contributed by atoms with van der Waals surface area (Å²) in [7, 11) is 2.21. The van der Waals surface area contributed by atoms with Gasteiger partial charge in [0.2, 0.25) is 0 Å². The zero-order chi connectivity index (χ0) is 12.4. The van der Waals surface area contributed by atoms with E-state index < -0.39 is 0 Å². The molecule has 0 amide bonds. The Balaban J connectivity index is 2.05. The molecule has 17 heavy (non-hydrogen) atoms. The Bertz CT molecular complexity index is 381. The summed E-state index contributed by atoms with van der Waals surface area (Å²) < 4.78 is 0. The summed E-state index contributed by atoms with van der Waals surface area (Å²) in [6, 6.07) is 8.16. The van der Waals surface area contributed by atoms with Crippen LogP contribution in [0.1, 0.15) is 37.8 Å². The molecule has 0 radical (unpaired) electrons. The van der Waals surface area contributed by atoms with Crippen LogP contribution < -0.4 is 10.2 Å². The van der Waals surface area contributed by atoms with Gasteiger partial charge in [-0.1, -0.05) is 26.0 Å². The van der Waals surface area contributed by atoms with E-state index in [1.807, 2.05) is 0 Å². The van der Waals surface area contributed by atoms with Crippen LogP contribution >= 0.6 is 0 Å². The number of nitrogens with one attached hydrogen (secondary N) is 1. The number of rotatable bonds is 5. The van der Waals surface area contributed by atoms with Gasteiger partial charge in [0.15, 0.2) is 0 Å². The summed E-state index contributed by atoms with van der Waals surface area (Å²) in [4.78, 5) is 2.43. The number of hydrogen-bond donors (Lipinski definition) is 1. The van der Waals surface area contributed by atoms with E-state index in [0.29, 0.717) is 6.04 Å². The van der Waals surface area contributed by atoms with E-state index in [4.69, 9.17) is 0 Å². The van der Waals surface area contributed by atoms with Crippen molar-refractivity contribution in [3.63, 3.8) is 0 Å². The summed E-state index contributed by atoms with van der Waals surface area (Å²) in [6.45, 7) is 7.54. The minimum atomic E-state index is 0.545. The first-order valence-electron chi connectivity index (χ1n) is 6.63. The molecule has 1 fully saturated rings. The second-order valence-corrected chi connectivity index (χ2v) is 5.50. The van der Waals surface area contributed by atoms with Gasteiger partial charge >= 0.3 is 0 Å². The van der Waals surface area contributed by atoms with Crippen molar-refractivity contribution in [2.75, 3.05) is 11.9 Å². The van der Waals surface area contributed by atoms with Gasteiger partial charge in [0, 0.05) is 31.4 Å². The molecule has 0 saturated heterocycles. The molecule has 0 aromatic heterocycles. The van der Waals surface area contributed by atoms with E-state index >= 15 is 0 Å². The molecule has 0 aliphatic heterocycles. The van der Waals surface area contributed by atoms with Crippen LogP contribution in [0.15, 0.2) is 18.2 Å². The molecular weight excluding hydrogens is 208 g/mol. The fraction of sp³-hybridized carbons (Fsp3) is 0.600. The van der Waals surface area contributed by atoms with Gasteiger partial charge in [-0.15, -0.1) is 0 Å². The molecule has 94 valence electrons. The van der Waals surface area contributed by atoms with Gasteiger partial charge < -0.3 is 10.2 Å². The fourth-order valence-corrected chi connectivity index (χ4v) is 2.20. The third kappa shape index (κ3) is 3.22. The Kier molecular flexibility index (Phi) is 3.72. The summed E-state index contributed by atoms with van der Waals surface area (Å²) in [5, 5.41) is 3.46. The van der Waals surface area contributed by atoms with Crippen LogP contribution in [0.5, 0.6) is 0 Å². The highest BCUT2D eigenvalue weighted by molar-refractivity contribution is 5.55. The van der Waals surface area contributed by atoms with Gasteiger partial charge in [0.05, 0.1) is 0 Å². The predicted octanol–water partition coefficient (Wildman–Crippen LogP) is 3.09. The van der Waals surface area contributed by atoms with Crippen molar-refractivity contribution >= 4 is 5.69 Å². The summed E-state index contributed by atoms with van der Waals surface area (Å²) in [5.74, 6) is 0. The van der Waals surface area contributed by atoms with Crippen molar-refractivity contribution in [1.29, 1.82) is 0 Å². The van der Waals surface area contributed by atoms with Gasteiger partial charge in [-0.2, -0.15) is 0 Å². The maximum atomic E-state index is 3.46. The quantitative estimate of drug-likeness (QED) is 0.839. The highest BCUT2D eigenvalue weighted by atomic mass is 15.2. The van der Waals surface area contributed by atoms with Crippen LogP contribution in [0, 0.1) is 6.92 Å². The molecular formula is C15H24N2. The molecule has 1 N–H and O–H groups in total. The van der Waals surface area contributed by atoms with Crippen LogP contribution in [0.25, 0.3) is 0 Å². The normalized spacial score (nSPS) is 15.4. The van der Waals surface area contributed by atoms with E-state index in [-0.39, 0.29) is 0 Å². The molecule has 2 heteroatoms. The molecule has 0 heterocycles. The molecule has 1 aromatic rings. The lowest BCUT2D eigenvalue weighted by atomic mass is 10.1. The van der Waals surface area contributed by atoms with Crippen molar-refractivity contribution in [2.45, 2.75) is 52.2 Å². The molecule has 2 nitrogen and oxygen atoms in total. The van der Waals surface area contributed by atoms with Gasteiger partial charge in [-0.25, -0.2) is 0 Å². The molecule has 1 saturated carbocycles. The Labute approximate surface area is 105 Å². The smallest absolute Gasteiger partial charge is 0.0396 e. The SMILES string of the molecule is Cc1cc(CNC(C)C)ccc1N(C)C1CC1. The Morgan fingerprint density at radius 3 is 2.59 bits per heavy atom. The first-order chi connectivity index (χ1) is 8.08. The Hall–Kier alpha value is -1.02. The standard InChI is InChI=1S/C15H24N2/c1-11(2)16-10-13-5-8-15(12(3)9-13)17(4)14-6-7-14/h5,8-9,11,14,16H,6-7,10H2,1-4H3. The largest absolute Gasteiger partial charge is 0.371 e. The van der Waals surface area contributed by atoms with Gasteiger partial charge in [-0.05, 0) is 37.0 Å². The Morgan fingerprint density at radius 2 is 2.06 bits per heavy atom. The minimum Gasteiger partial charge on any atom is -0.371 e. The van der Waals surface area contributed by atoms with Crippen LogP contribution in [0.3, 0.4) is 0 Å². The second kappa shape index (κ2) is 5.09. The predicted molar refractivity (Wildman–Crippen MR) is 74.6 cm³/mol. The first kappa shape index (κ1) is 12.4. The topological polar surface area (TPSA) is 15.3 Å². The van der Waals surface area contributed by atoms with E-state index in [1.165, 1.54) is 29.7 Å². The van der Waals surface area contributed by atoms with Crippen LogP contribution in [-0.4, -0.2) is 19.1 Å². The molecule has 0 spiro atoms. The van der Waals surface area contributed by atoms with Crippen molar-refractivity contribution in [1.82, 2.24) is 5.32 Å². The molecule has 2 rings (SSSR count). The molecule has 0 bridgehead atoms. The molecule has 1 aliphatic carbocycles. The first-order valence-corrected chi connectivity index (χ1v) is 6.63. The van der Waals surface area contributed by atoms with Crippen molar-refractivity contribution in [2.24, 2.45) is 0 Å². The lowest BCUT2D eigenvalue weighted by Crippen LogP contribution is -2.22. The lowest BCUT2D eigenvalue weighted by Gasteiger charge is -2.21. The van der Waals surface area contributed by atoms with Crippen LogP contribution in [0.4, 0.5) is 5.69 Å². The highest BCUT2D eigenvalue weighted by Crippen LogP contribution is 2.32. The number of benzene rings is 1. The van der Waals surface area contributed by atoms with Crippen molar-refractivity contribution in [3.8, 4) is 0 Å². The van der Waals surface area contributed by atoms with Crippen LogP contribution in [0.2, 0.25) is 0 Å². The van der Waals surface area contributed by atoms with E-state index in [2.05, 4.69) is 56.2 Å². The molecule has 0 unspecified atom stereocenters. The van der Waals surface area contributed by atoms with Gasteiger partial charge in [-0.3, -0.25) is 0 Å². The fourth-order valence-electron chi connectivity index (χ4n) is 2.20. The highest BCUT2D eigenvalue weighted by Gasteiger charge is 2.26. The summed E-state index contributed by atoms with van der Waals surface area (Å²) in [6.07, 6.45) is 2.71. The van der Waals surface area contributed by atoms with E-state index in [1.54, 1.807) is 0 Å². The average Bonchev–Trinajstić information content (AvgIpc) is 3.09. The third-order valence-electron chi connectivity index (χ3n) is 3.45. The summed E-state index contributed by atoms with van der Waals surface area (Å²) >= 11 is 0. The van der Waals surface area contributed by atoms with Crippen molar-refractivity contribution in [3.05, 3.63) is 29.3 Å². The lowest BCUT2D eigenvalue weighted by molar-refractivity contribution is 0.588. The van der Waals surface area contributed by atoms with E-state index in [9.17, 15) is 0 Å². The zero-order valence-electron chi connectivity index (χ0n) is 11.5. The van der Waals surface area contributed by atoms with Crippen molar-refractivity contribution < 1.29 is 0 Å². The number of aryl methyl sites for hydroxylation is 1. The molecule has 1 aliphatic rings. The van der Waals surface area contributed by atoms with Gasteiger partial charge in [0.1, 0.15) is 0 Å². The Morgan fingerprint density at radius 1 is 1.35 bits per heavy atom. The monoisotopic (exact) mass is 232 g/mol. The average molecular weight is 232 g/mol. The van der Waals surface area contributed by atoms with E-state index in [0.717, 1.165) is 12.6 Å². The molecule has 0 atom stereocenters. The van der Waals surface area contributed by atoms with Gasteiger partial charge in [0.25, 0.3) is 0 Å². The number of hydrogen-bond acceptors (Lipinski definition) is 2. The maximum absolute atomic E-state index is 3.46. The molecule has 1 aromatic carbocycles. The number of anilines is 1. The maximum Gasteiger partial charge on any atom is 0.0396 e. The second-order valence-electron chi connectivity index (χ2n) is 5.50.